The first-order valence-corrected chi connectivity index (χ1v) is 23.8. The summed E-state index contributed by atoms with van der Waals surface area (Å²) in [5, 5.41) is 39.7. The number of β-amino-alcohol motifs (C(OH)–C–C–N with tert-alkyl or cyclic N) is 1. The fraction of sp³-hybridized carbons (Fsp3) is 0.500. The zero-order valence-corrected chi connectivity index (χ0v) is 41.0. The van der Waals surface area contributed by atoms with E-state index < -0.39 is 64.3 Å². The molecule has 4 amide bonds. The molecule has 5 heterocycles. The molecule has 2 fully saturated rings. The van der Waals surface area contributed by atoms with Crippen LogP contribution in [0.2, 0.25) is 0 Å². The van der Waals surface area contributed by atoms with Crippen molar-refractivity contribution in [3.05, 3.63) is 84.2 Å². The summed E-state index contributed by atoms with van der Waals surface area (Å²) < 4.78 is 14.1. The lowest BCUT2D eigenvalue weighted by Crippen LogP contribution is -2.67. The molecule has 5 atom stereocenters. The average Bonchev–Trinajstić information content (AvgIpc) is 3.87. The van der Waals surface area contributed by atoms with Crippen LogP contribution in [0.1, 0.15) is 90.2 Å². The predicted molar refractivity (Wildman–Crippen MR) is 259 cm³/mol. The minimum atomic E-state index is -2.30. The Kier molecular flexibility index (Phi) is 14.8. The molecular weight excluding hydrogens is 883 g/mol. The number of fused-ring (bicyclic) bond motifs is 6. The molecule has 5 N–H and O–H groups in total. The summed E-state index contributed by atoms with van der Waals surface area (Å²) in [5.74, 6) is -4.18. The number of ether oxygens (including phenoxy) is 2. The summed E-state index contributed by atoms with van der Waals surface area (Å²) in [6, 6.07) is 12.5. The number of esters is 1. The van der Waals surface area contributed by atoms with Crippen LogP contribution >= 0.6 is 0 Å². The fourth-order valence-corrected chi connectivity index (χ4v) is 10.3. The van der Waals surface area contributed by atoms with Gasteiger partial charge < -0.3 is 44.5 Å². The summed E-state index contributed by atoms with van der Waals surface area (Å²) in [7, 11) is 3.07. The van der Waals surface area contributed by atoms with Gasteiger partial charge in [0.05, 0.1) is 30.6 Å². The molecule has 3 aliphatic heterocycles. The van der Waals surface area contributed by atoms with E-state index in [0.717, 1.165) is 55.0 Å². The molecule has 0 aliphatic carbocycles. The first kappa shape index (κ1) is 50.7. The molecule has 0 radical (unpaired) electrons. The number of cyclic esters (lactones) is 1. The normalized spacial score (nSPS) is 22.7. The zero-order chi connectivity index (χ0) is 50.2. The highest BCUT2D eigenvalue weighted by atomic mass is 16.6. The Bertz CT molecular complexity index is 2640. The monoisotopic (exact) mass is 949 g/mol. The number of nitrogens with one attached hydrogen (secondary N) is 2. The number of hydrogen-bond acceptors (Lipinski definition) is 12. The summed E-state index contributed by atoms with van der Waals surface area (Å²) in [4.78, 5) is 77.0. The number of aliphatic hydroxyl groups is 2. The van der Waals surface area contributed by atoms with E-state index in [9.17, 15) is 39.3 Å². The van der Waals surface area contributed by atoms with Gasteiger partial charge in [-0.1, -0.05) is 53.3 Å². The van der Waals surface area contributed by atoms with Gasteiger partial charge in [-0.15, -0.1) is 0 Å². The number of carbonyl (C=O) groups excluding carboxylic acids is 5. The Balaban J connectivity index is 1.33. The summed E-state index contributed by atoms with van der Waals surface area (Å²) in [6.45, 7) is 15.5. The lowest BCUT2D eigenvalue weighted by molar-refractivity contribution is -0.189. The zero-order valence-electron chi connectivity index (χ0n) is 41.0. The van der Waals surface area contributed by atoms with Gasteiger partial charge in [-0.2, -0.15) is 5.43 Å². The van der Waals surface area contributed by atoms with Crippen LogP contribution in [0.3, 0.4) is 0 Å². The predicted octanol–water partition coefficient (Wildman–Crippen LogP) is 4.79. The first-order valence-electron chi connectivity index (χ1n) is 23.8. The van der Waals surface area contributed by atoms with Crippen molar-refractivity contribution in [3.8, 4) is 28.1 Å². The molecule has 2 aromatic heterocycles. The smallest absolute Gasteiger partial charge is 0.355 e. The third kappa shape index (κ3) is 10.1. The maximum Gasteiger partial charge on any atom is 0.355 e. The molecule has 17 nitrogen and oxygen atoms in total. The van der Waals surface area contributed by atoms with Crippen molar-refractivity contribution in [1.82, 2.24) is 35.1 Å². The molecule has 0 saturated carbocycles. The molecule has 0 unspecified atom stereocenters. The van der Waals surface area contributed by atoms with E-state index in [1.807, 2.05) is 51.1 Å². The Labute approximate surface area is 403 Å². The second-order valence-corrected chi connectivity index (χ2v) is 19.9. The molecule has 7 rings (SSSR count). The third-order valence-electron chi connectivity index (χ3n) is 13.8. The van der Waals surface area contributed by atoms with E-state index in [4.69, 9.17) is 14.5 Å². The van der Waals surface area contributed by atoms with Crippen molar-refractivity contribution in [3.63, 3.8) is 0 Å². The van der Waals surface area contributed by atoms with Crippen molar-refractivity contribution in [2.75, 3.05) is 40.4 Å². The van der Waals surface area contributed by atoms with Crippen molar-refractivity contribution in [1.29, 1.82) is 0 Å². The number of methoxy groups -OCH3 is 1. The van der Waals surface area contributed by atoms with Gasteiger partial charge in [0, 0.05) is 81.1 Å². The summed E-state index contributed by atoms with van der Waals surface area (Å²) in [6.07, 6.45) is 3.65. The maximum absolute atomic E-state index is 14.8. The Morgan fingerprint density at radius 2 is 1.83 bits per heavy atom. The van der Waals surface area contributed by atoms with Gasteiger partial charge in [-0.25, -0.2) is 4.79 Å². The molecular formula is C52H67N7O10. The number of amides is 4. The number of aromatic hydroxyl groups is 1. The van der Waals surface area contributed by atoms with Crippen LogP contribution in [0.25, 0.3) is 33.3 Å². The largest absolute Gasteiger partial charge is 0.508 e. The van der Waals surface area contributed by atoms with Crippen molar-refractivity contribution >= 4 is 40.5 Å². The van der Waals surface area contributed by atoms with Crippen LogP contribution in [0.4, 0.5) is 0 Å². The van der Waals surface area contributed by atoms with Crippen LogP contribution in [0.5, 0.6) is 5.75 Å². The molecule has 0 spiro atoms. The number of carbonyl (C=O) groups is 5. The Hall–Kier alpha value is -6.14. The fourth-order valence-electron chi connectivity index (χ4n) is 10.3. The lowest BCUT2D eigenvalue weighted by atomic mass is 9.84. The van der Waals surface area contributed by atoms with E-state index in [-0.39, 0.29) is 63.8 Å². The number of hydrazine groups is 1. The molecule has 6 bridgehead atoms. The molecule has 4 aromatic rings. The minimum absolute atomic E-state index is 0.0500. The number of phenols is 1. The summed E-state index contributed by atoms with van der Waals surface area (Å²) in [5.41, 5.74) is 4.25. The Morgan fingerprint density at radius 3 is 2.51 bits per heavy atom. The van der Waals surface area contributed by atoms with E-state index in [2.05, 4.69) is 34.9 Å². The minimum Gasteiger partial charge on any atom is -0.508 e. The van der Waals surface area contributed by atoms with Crippen LogP contribution < -0.4 is 10.7 Å². The van der Waals surface area contributed by atoms with Gasteiger partial charge in [0.25, 0.3) is 11.8 Å². The molecule has 17 heteroatoms. The average molecular weight is 950 g/mol. The second kappa shape index (κ2) is 20.1. The van der Waals surface area contributed by atoms with E-state index in [1.165, 1.54) is 18.0 Å². The molecule has 3 aliphatic rings. The number of phenolic OH excluding ortho intramolecular Hbond substituents is 1. The number of aromatic nitrogens is 2. The number of pyridine rings is 1. The number of nitrogens with zero attached hydrogens (tertiary/aromatic N) is 5. The molecule has 370 valence electrons. The number of likely N-dealkylation sites (N-methyl/N-ethyl adjacent to an activating group) is 1. The third-order valence-corrected chi connectivity index (χ3v) is 13.8. The number of rotatable bonds is 11. The lowest BCUT2D eigenvalue weighted by Gasteiger charge is -2.40. The van der Waals surface area contributed by atoms with Gasteiger partial charge in [-0.05, 0) is 96.8 Å². The van der Waals surface area contributed by atoms with Crippen LogP contribution in [0.15, 0.2) is 67.4 Å². The number of hydrogen-bond donors (Lipinski definition) is 5. The van der Waals surface area contributed by atoms with Crippen molar-refractivity contribution in [2.45, 2.75) is 116 Å². The second-order valence-electron chi connectivity index (χ2n) is 19.9. The van der Waals surface area contributed by atoms with Crippen molar-refractivity contribution in [2.24, 2.45) is 11.3 Å². The highest BCUT2D eigenvalue weighted by Crippen LogP contribution is 2.43. The SMILES string of the molecule is C=CC(=O)N1CC[C@](O)(C(=O)N(C)[C@H](C(=O)N[C@H]2Cc3cc(O)cc(c3)-c3ccc4c(c3)c(c(-c3cccnc3[C@H](CC)OC)n4CC)CC(C)(C)COC(=O)[C@@]3(O)CCCN(N3)C2=O)C(C)C)C1. The quantitative estimate of drug-likeness (QED) is 0.101. The molecule has 2 saturated heterocycles. The first-order chi connectivity index (χ1) is 32.7. The molecule has 2 aromatic carbocycles. The Morgan fingerprint density at radius 1 is 1.07 bits per heavy atom. The highest BCUT2D eigenvalue weighted by Gasteiger charge is 2.49. The maximum atomic E-state index is 14.8. The number of benzene rings is 2. The number of aryl methyl sites for hydroxylation is 1. The van der Waals surface area contributed by atoms with Gasteiger partial charge in [0.1, 0.15) is 17.8 Å². The standard InChI is InChI=1S/C52H67N7O10/c1-10-41(68-9)43-36(15-13-20-53-43)45-38-28-50(6,7)30-69-49(65)52(67)18-14-21-59(55-52)47(63)39(25-32-23-34(26-35(60)24-32)33-16-17-40(37(38)27-33)58(45)12-3)54-46(62)44(31(4)5)56(8)48(64)51(66)19-22-57(29-51)42(61)11-2/h11,13,15-17,20,23-24,26-27,31,39,41,44,55,60,66-67H,2,10,12,14,18-19,21-22,25,28-30H2,1,3-9H3,(H,54,62)/t39-,41-,44-,51+,52-/m0/s1. The van der Waals surface area contributed by atoms with Crippen molar-refractivity contribution < 1.29 is 48.8 Å². The van der Waals surface area contributed by atoms with E-state index in [0.29, 0.717) is 30.5 Å². The van der Waals surface area contributed by atoms with E-state index in [1.54, 1.807) is 33.2 Å². The van der Waals surface area contributed by atoms with Gasteiger partial charge >= 0.3 is 5.97 Å². The topological polar surface area (TPSA) is 216 Å². The van der Waals surface area contributed by atoms with Gasteiger partial charge in [0.15, 0.2) is 5.60 Å². The van der Waals surface area contributed by atoms with Crippen LogP contribution in [-0.2, 0) is 52.8 Å². The van der Waals surface area contributed by atoms with E-state index >= 15 is 0 Å². The van der Waals surface area contributed by atoms with Crippen LogP contribution in [0, 0.1) is 11.3 Å². The molecule has 69 heavy (non-hydrogen) atoms. The number of likely N-dealkylation sites (tertiary alicyclic amines) is 1. The van der Waals surface area contributed by atoms with Gasteiger partial charge in [-0.3, -0.25) is 29.2 Å². The van der Waals surface area contributed by atoms with Crippen LogP contribution in [-0.4, -0.2) is 133 Å². The highest BCUT2D eigenvalue weighted by molar-refractivity contribution is 5.97. The van der Waals surface area contributed by atoms with Gasteiger partial charge in [0.2, 0.25) is 17.5 Å². The summed E-state index contributed by atoms with van der Waals surface area (Å²) >= 11 is 0.